The molecule has 8 heteroatoms. The molecule has 2 amide bonds. The highest BCUT2D eigenvalue weighted by Crippen LogP contribution is 2.29. The van der Waals surface area contributed by atoms with Gasteiger partial charge in [-0.2, -0.15) is 0 Å². The van der Waals surface area contributed by atoms with Gasteiger partial charge in [0.15, 0.2) is 0 Å². The lowest BCUT2D eigenvalue weighted by Crippen LogP contribution is -2.54. The Bertz CT molecular complexity index is 374. The molecule has 0 aromatic heterocycles. The van der Waals surface area contributed by atoms with Crippen molar-refractivity contribution in [2.24, 2.45) is 11.1 Å². The predicted octanol–water partition coefficient (Wildman–Crippen LogP) is -1.55. The monoisotopic (exact) mass is 287 g/mol. The van der Waals surface area contributed by atoms with Gasteiger partial charge in [-0.25, -0.2) is 4.79 Å². The second-order valence-electron chi connectivity index (χ2n) is 5.00. The lowest BCUT2D eigenvalue weighted by atomic mass is 9.78. The zero-order chi connectivity index (χ0) is 15.2. The first-order chi connectivity index (χ1) is 9.41. The van der Waals surface area contributed by atoms with Crippen molar-refractivity contribution in [2.45, 2.75) is 25.3 Å². The second kappa shape index (κ2) is 7.20. The number of hydrogen-bond donors (Lipinski definition) is 4. The molecular weight excluding hydrogens is 266 g/mol. The van der Waals surface area contributed by atoms with E-state index in [9.17, 15) is 14.4 Å². The normalized spacial score (nSPS) is 19.1. The van der Waals surface area contributed by atoms with Gasteiger partial charge in [0.2, 0.25) is 11.8 Å². The molecule has 1 heterocycles. The van der Waals surface area contributed by atoms with Gasteiger partial charge in [-0.3, -0.25) is 9.59 Å². The summed E-state index contributed by atoms with van der Waals surface area (Å²) in [7, 11) is 1.50. The van der Waals surface area contributed by atoms with Crippen molar-refractivity contribution in [3.05, 3.63) is 0 Å². The average molecular weight is 287 g/mol. The fourth-order valence-electron chi connectivity index (χ4n) is 2.33. The van der Waals surface area contributed by atoms with E-state index < -0.39 is 35.7 Å². The molecule has 1 saturated heterocycles. The predicted molar refractivity (Wildman–Crippen MR) is 69.8 cm³/mol. The zero-order valence-corrected chi connectivity index (χ0v) is 11.5. The maximum Gasteiger partial charge on any atom is 0.326 e. The summed E-state index contributed by atoms with van der Waals surface area (Å²) in [6.45, 7) is 1.53. The smallest absolute Gasteiger partial charge is 0.326 e. The summed E-state index contributed by atoms with van der Waals surface area (Å²) in [5.74, 6) is -2.46. The van der Waals surface area contributed by atoms with E-state index in [1.807, 2.05) is 0 Å². The average Bonchev–Trinajstić information content (AvgIpc) is 2.38. The minimum atomic E-state index is -1.30. The Morgan fingerprint density at radius 2 is 2.00 bits per heavy atom. The van der Waals surface area contributed by atoms with E-state index in [0.29, 0.717) is 25.9 Å². The van der Waals surface area contributed by atoms with Gasteiger partial charge in [-0.05, 0) is 25.9 Å². The fourth-order valence-corrected chi connectivity index (χ4v) is 2.33. The molecule has 0 aromatic rings. The summed E-state index contributed by atoms with van der Waals surface area (Å²) < 4.78 is 5.10. The van der Waals surface area contributed by atoms with E-state index in [2.05, 4.69) is 10.6 Å². The van der Waals surface area contributed by atoms with Gasteiger partial charge in [-0.1, -0.05) is 0 Å². The number of rotatable bonds is 7. The third kappa shape index (κ3) is 4.17. The first kappa shape index (κ1) is 16.4. The van der Waals surface area contributed by atoms with Crippen molar-refractivity contribution < 1.29 is 24.2 Å². The highest BCUT2D eigenvalue weighted by atomic mass is 16.5. The number of primary amides is 1. The summed E-state index contributed by atoms with van der Waals surface area (Å²) >= 11 is 0. The Balaban J connectivity index is 2.78. The number of methoxy groups -OCH3 is 1. The van der Waals surface area contributed by atoms with Crippen LogP contribution in [0.1, 0.15) is 19.3 Å². The molecule has 1 fully saturated rings. The number of carboxylic acids is 1. The molecule has 1 aliphatic rings. The molecule has 5 N–H and O–H groups in total. The SMILES string of the molecule is COCC1(C(=O)N[C@H](CC(N)=O)C(=O)O)CCNCC1. The third-order valence-electron chi connectivity index (χ3n) is 3.47. The summed E-state index contributed by atoms with van der Waals surface area (Å²) in [6.07, 6.45) is 0.674. The van der Waals surface area contributed by atoms with Crippen molar-refractivity contribution >= 4 is 17.8 Å². The Hall–Kier alpha value is -1.67. The van der Waals surface area contributed by atoms with Crippen LogP contribution in [0.25, 0.3) is 0 Å². The van der Waals surface area contributed by atoms with E-state index in [1.165, 1.54) is 7.11 Å². The largest absolute Gasteiger partial charge is 0.480 e. The lowest BCUT2D eigenvalue weighted by molar-refractivity contribution is -0.147. The quantitative estimate of drug-likeness (QED) is 0.448. The number of piperidine rings is 1. The maximum atomic E-state index is 12.4. The standard InChI is InChI=1S/C12H21N3O5/c1-20-7-12(2-4-14-5-3-12)11(19)15-8(10(17)18)6-9(13)16/h8,14H,2-7H2,1H3,(H2,13,16)(H,15,19)(H,17,18)/t8-/m1/s1. The van der Waals surface area contributed by atoms with Crippen LogP contribution in [0.2, 0.25) is 0 Å². The van der Waals surface area contributed by atoms with Gasteiger partial charge < -0.3 is 26.2 Å². The van der Waals surface area contributed by atoms with Crippen LogP contribution in [0.15, 0.2) is 0 Å². The van der Waals surface area contributed by atoms with Gasteiger partial charge in [-0.15, -0.1) is 0 Å². The van der Waals surface area contributed by atoms with Crippen LogP contribution in [-0.4, -0.2) is 55.7 Å². The number of aliphatic carboxylic acids is 1. The van der Waals surface area contributed by atoms with Crippen LogP contribution in [0.4, 0.5) is 0 Å². The molecule has 0 radical (unpaired) electrons. The fraction of sp³-hybridized carbons (Fsp3) is 0.750. The van der Waals surface area contributed by atoms with Gasteiger partial charge in [0.05, 0.1) is 18.4 Å². The number of hydrogen-bond acceptors (Lipinski definition) is 5. The summed E-state index contributed by atoms with van der Waals surface area (Å²) in [6, 6.07) is -1.30. The minimum absolute atomic E-state index is 0.212. The molecule has 114 valence electrons. The van der Waals surface area contributed by atoms with Gasteiger partial charge in [0.25, 0.3) is 0 Å². The second-order valence-corrected chi connectivity index (χ2v) is 5.00. The van der Waals surface area contributed by atoms with Crippen LogP contribution in [0.5, 0.6) is 0 Å². The first-order valence-corrected chi connectivity index (χ1v) is 6.43. The molecular formula is C12H21N3O5. The van der Waals surface area contributed by atoms with E-state index in [1.54, 1.807) is 0 Å². The number of nitrogens with two attached hydrogens (primary N) is 1. The molecule has 1 atom stereocenters. The van der Waals surface area contributed by atoms with E-state index in [4.69, 9.17) is 15.6 Å². The van der Waals surface area contributed by atoms with Gasteiger partial charge in [0.1, 0.15) is 6.04 Å². The molecule has 8 nitrogen and oxygen atoms in total. The highest BCUT2D eigenvalue weighted by molar-refractivity contribution is 5.90. The summed E-state index contributed by atoms with van der Waals surface area (Å²) in [5.41, 5.74) is 4.23. The van der Waals surface area contributed by atoms with Crippen LogP contribution < -0.4 is 16.4 Å². The van der Waals surface area contributed by atoms with Crippen LogP contribution >= 0.6 is 0 Å². The summed E-state index contributed by atoms with van der Waals surface area (Å²) in [5, 5.41) is 14.5. The number of ether oxygens (including phenoxy) is 1. The maximum absolute atomic E-state index is 12.4. The number of amides is 2. The van der Waals surface area contributed by atoms with Crippen molar-refractivity contribution in [3.8, 4) is 0 Å². The van der Waals surface area contributed by atoms with Crippen molar-refractivity contribution in [1.29, 1.82) is 0 Å². The highest BCUT2D eigenvalue weighted by Gasteiger charge is 2.41. The van der Waals surface area contributed by atoms with Crippen LogP contribution in [0.3, 0.4) is 0 Å². The van der Waals surface area contributed by atoms with Crippen molar-refractivity contribution in [2.75, 3.05) is 26.8 Å². The minimum Gasteiger partial charge on any atom is -0.480 e. The molecule has 0 aromatic carbocycles. The Labute approximate surface area is 117 Å². The molecule has 0 bridgehead atoms. The number of carbonyl (C=O) groups excluding carboxylic acids is 2. The number of nitrogens with one attached hydrogen (secondary N) is 2. The van der Waals surface area contributed by atoms with E-state index >= 15 is 0 Å². The lowest BCUT2D eigenvalue weighted by Gasteiger charge is -2.36. The summed E-state index contributed by atoms with van der Waals surface area (Å²) in [4.78, 5) is 34.3. The van der Waals surface area contributed by atoms with Crippen molar-refractivity contribution in [3.63, 3.8) is 0 Å². The molecule has 0 saturated carbocycles. The zero-order valence-electron chi connectivity index (χ0n) is 11.5. The molecule has 20 heavy (non-hydrogen) atoms. The number of carbonyl (C=O) groups is 3. The first-order valence-electron chi connectivity index (χ1n) is 6.43. The number of carboxylic acid groups (broad SMARTS) is 1. The van der Waals surface area contributed by atoms with E-state index in [0.717, 1.165) is 0 Å². The Kier molecular flexibility index (Phi) is 5.90. The molecule has 1 rings (SSSR count). The molecule has 0 aliphatic carbocycles. The Morgan fingerprint density at radius 1 is 1.40 bits per heavy atom. The topological polar surface area (TPSA) is 131 Å². The Morgan fingerprint density at radius 3 is 2.45 bits per heavy atom. The molecule has 0 spiro atoms. The van der Waals surface area contributed by atoms with Crippen LogP contribution in [-0.2, 0) is 19.1 Å². The molecule has 0 unspecified atom stereocenters. The van der Waals surface area contributed by atoms with Gasteiger partial charge >= 0.3 is 5.97 Å². The van der Waals surface area contributed by atoms with Crippen LogP contribution in [0, 0.1) is 5.41 Å². The van der Waals surface area contributed by atoms with Gasteiger partial charge in [0, 0.05) is 7.11 Å². The molecule has 1 aliphatic heterocycles. The van der Waals surface area contributed by atoms with E-state index in [-0.39, 0.29) is 6.61 Å². The third-order valence-corrected chi connectivity index (χ3v) is 3.47. The van der Waals surface area contributed by atoms with Crippen molar-refractivity contribution in [1.82, 2.24) is 10.6 Å².